The van der Waals surface area contributed by atoms with Crippen molar-refractivity contribution in [2.24, 2.45) is 0 Å². The van der Waals surface area contributed by atoms with Gasteiger partial charge in [0, 0.05) is 32.7 Å². The van der Waals surface area contributed by atoms with Crippen LogP contribution in [0.5, 0.6) is 0 Å². The predicted molar refractivity (Wildman–Crippen MR) is 83.4 cm³/mol. The molecular weight excluding hydrogens is 282 g/mol. The van der Waals surface area contributed by atoms with Crippen molar-refractivity contribution < 1.29 is 14.7 Å². The number of piperazine rings is 1. The van der Waals surface area contributed by atoms with Crippen molar-refractivity contribution in [2.75, 3.05) is 32.7 Å². The Labute approximate surface area is 130 Å². The molecule has 1 amide bonds. The summed E-state index contributed by atoms with van der Waals surface area (Å²) in [7, 11) is 0. The Hall–Kier alpha value is -1.92. The van der Waals surface area contributed by atoms with Gasteiger partial charge >= 0.3 is 5.97 Å². The zero-order chi connectivity index (χ0) is 15.9. The molecule has 6 heteroatoms. The Morgan fingerprint density at radius 2 is 1.73 bits per heavy atom. The standard InChI is InChI=1S/C16H23N3O3/c1-13(16(21)22)17-15(20)12-19-9-7-18(8-10-19)11-14-5-3-2-4-6-14/h2-6,13H,7-12H2,1H3,(H,17,20)(H,21,22)/t13-/m0/s1. The second-order valence-corrected chi connectivity index (χ2v) is 5.67. The first-order valence-electron chi connectivity index (χ1n) is 7.55. The van der Waals surface area contributed by atoms with Crippen LogP contribution in [-0.4, -0.2) is 65.5 Å². The number of hydrogen-bond donors (Lipinski definition) is 2. The lowest BCUT2D eigenvalue weighted by Gasteiger charge is -2.34. The van der Waals surface area contributed by atoms with E-state index >= 15 is 0 Å². The van der Waals surface area contributed by atoms with Gasteiger partial charge in [0.1, 0.15) is 6.04 Å². The zero-order valence-electron chi connectivity index (χ0n) is 12.9. The third-order valence-corrected chi connectivity index (χ3v) is 3.83. The van der Waals surface area contributed by atoms with E-state index in [4.69, 9.17) is 5.11 Å². The lowest BCUT2D eigenvalue weighted by molar-refractivity contribution is -0.141. The van der Waals surface area contributed by atoms with Gasteiger partial charge in [-0.2, -0.15) is 0 Å². The van der Waals surface area contributed by atoms with Crippen LogP contribution in [0.4, 0.5) is 0 Å². The number of hydrogen-bond acceptors (Lipinski definition) is 4. The summed E-state index contributed by atoms with van der Waals surface area (Å²) >= 11 is 0. The van der Waals surface area contributed by atoms with E-state index in [1.807, 2.05) is 18.2 Å². The van der Waals surface area contributed by atoms with E-state index in [9.17, 15) is 9.59 Å². The maximum absolute atomic E-state index is 11.8. The highest BCUT2D eigenvalue weighted by molar-refractivity contribution is 5.84. The SMILES string of the molecule is C[C@H](NC(=O)CN1CCN(Cc2ccccc2)CC1)C(=O)O. The summed E-state index contributed by atoms with van der Waals surface area (Å²) in [6, 6.07) is 9.49. The molecule has 1 aromatic carbocycles. The van der Waals surface area contributed by atoms with E-state index in [1.165, 1.54) is 12.5 Å². The molecule has 0 spiro atoms. The van der Waals surface area contributed by atoms with Crippen LogP contribution in [0.1, 0.15) is 12.5 Å². The maximum Gasteiger partial charge on any atom is 0.325 e. The number of amides is 1. The molecule has 1 fully saturated rings. The number of rotatable bonds is 6. The van der Waals surface area contributed by atoms with Gasteiger partial charge in [0.25, 0.3) is 0 Å². The first-order chi connectivity index (χ1) is 10.5. The molecule has 0 aromatic heterocycles. The Balaban J connectivity index is 1.71. The van der Waals surface area contributed by atoms with Crippen LogP contribution in [0.15, 0.2) is 30.3 Å². The minimum atomic E-state index is -1.01. The van der Waals surface area contributed by atoms with Crippen molar-refractivity contribution in [1.29, 1.82) is 0 Å². The van der Waals surface area contributed by atoms with E-state index in [-0.39, 0.29) is 12.5 Å². The van der Waals surface area contributed by atoms with Gasteiger partial charge in [-0.1, -0.05) is 30.3 Å². The number of carbonyl (C=O) groups is 2. The molecule has 120 valence electrons. The summed E-state index contributed by atoms with van der Waals surface area (Å²) in [5, 5.41) is 11.3. The summed E-state index contributed by atoms with van der Waals surface area (Å²) in [5.74, 6) is -1.24. The molecule has 0 saturated carbocycles. The fourth-order valence-electron chi connectivity index (χ4n) is 2.50. The van der Waals surface area contributed by atoms with Gasteiger partial charge in [-0.25, -0.2) is 0 Å². The predicted octanol–water partition coefficient (Wildman–Crippen LogP) is 0.394. The zero-order valence-corrected chi connectivity index (χ0v) is 12.9. The molecular formula is C16H23N3O3. The number of benzene rings is 1. The van der Waals surface area contributed by atoms with Gasteiger partial charge in [0.05, 0.1) is 6.54 Å². The van der Waals surface area contributed by atoms with E-state index in [1.54, 1.807) is 0 Å². The van der Waals surface area contributed by atoms with E-state index in [0.29, 0.717) is 0 Å². The van der Waals surface area contributed by atoms with Crippen molar-refractivity contribution in [3.63, 3.8) is 0 Å². The molecule has 1 aliphatic heterocycles. The van der Waals surface area contributed by atoms with Crippen LogP contribution in [0.25, 0.3) is 0 Å². The lowest BCUT2D eigenvalue weighted by atomic mass is 10.2. The third kappa shape index (κ3) is 5.13. The Kier molecular flexibility index (Phi) is 5.91. The summed E-state index contributed by atoms with van der Waals surface area (Å²) in [6.07, 6.45) is 0. The van der Waals surface area contributed by atoms with E-state index < -0.39 is 12.0 Å². The molecule has 0 aliphatic carbocycles. The first-order valence-corrected chi connectivity index (χ1v) is 7.55. The fraction of sp³-hybridized carbons (Fsp3) is 0.500. The molecule has 2 N–H and O–H groups in total. The number of nitrogens with zero attached hydrogens (tertiary/aromatic N) is 2. The van der Waals surface area contributed by atoms with Gasteiger partial charge in [-0.3, -0.25) is 19.4 Å². The number of aliphatic carboxylic acids is 1. The molecule has 0 radical (unpaired) electrons. The van der Waals surface area contributed by atoms with E-state index in [2.05, 4.69) is 27.2 Å². The van der Waals surface area contributed by atoms with E-state index in [0.717, 1.165) is 32.7 Å². The van der Waals surface area contributed by atoms with Crippen molar-refractivity contribution in [3.05, 3.63) is 35.9 Å². The molecule has 6 nitrogen and oxygen atoms in total. The highest BCUT2D eigenvalue weighted by Crippen LogP contribution is 2.08. The van der Waals surface area contributed by atoms with Crippen LogP contribution in [-0.2, 0) is 16.1 Å². The van der Waals surface area contributed by atoms with Gasteiger partial charge in [-0.05, 0) is 12.5 Å². The minimum absolute atomic E-state index is 0.230. The van der Waals surface area contributed by atoms with Crippen LogP contribution in [0, 0.1) is 0 Å². The highest BCUT2D eigenvalue weighted by Gasteiger charge is 2.20. The van der Waals surface area contributed by atoms with Crippen molar-refractivity contribution in [2.45, 2.75) is 19.5 Å². The number of carbonyl (C=O) groups excluding carboxylic acids is 1. The van der Waals surface area contributed by atoms with Crippen molar-refractivity contribution in [3.8, 4) is 0 Å². The fourth-order valence-corrected chi connectivity index (χ4v) is 2.50. The number of carboxylic acids is 1. The van der Waals surface area contributed by atoms with Gasteiger partial charge in [0.2, 0.25) is 5.91 Å². The average Bonchev–Trinajstić information content (AvgIpc) is 2.50. The minimum Gasteiger partial charge on any atom is -0.480 e. The van der Waals surface area contributed by atoms with Crippen molar-refractivity contribution in [1.82, 2.24) is 15.1 Å². The Morgan fingerprint density at radius 3 is 2.32 bits per heavy atom. The van der Waals surface area contributed by atoms with Crippen LogP contribution in [0.2, 0.25) is 0 Å². The van der Waals surface area contributed by atoms with Gasteiger partial charge in [0.15, 0.2) is 0 Å². The topological polar surface area (TPSA) is 72.9 Å². The number of nitrogens with one attached hydrogen (secondary N) is 1. The highest BCUT2D eigenvalue weighted by atomic mass is 16.4. The first kappa shape index (κ1) is 16.5. The molecule has 22 heavy (non-hydrogen) atoms. The smallest absolute Gasteiger partial charge is 0.325 e. The second-order valence-electron chi connectivity index (χ2n) is 5.67. The monoisotopic (exact) mass is 305 g/mol. The Bertz CT molecular complexity index is 499. The van der Waals surface area contributed by atoms with Crippen LogP contribution < -0.4 is 5.32 Å². The van der Waals surface area contributed by atoms with Crippen molar-refractivity contribution >= 4 is 11.9 Å². The molecule has 2 rings (SSSR count). The van der Waals surface area contributed by atoms with Gasteiger partial charge < -0.3 is 10.4 Å². The summed E-state index contributed by atoms with van der Waals surface area (Å²) in [5.41, 5.74) is 1.30. The lowest BCUT2D eigenvalue weighted by Crippen LogP contribution is -2.50. The molecule has 0 bridgehead atoms. The molecule has 1 saturated heterocycles. The largest absolute Gasteiger partial charge is 0.480 e. The van der Waals surface area contributed by atoms with Crippen LogP contribution >= 0.6 is 0 Å². The average molecular weight is 305 g/mol. The second kappa shape index (κ2) is 7.91. The third-order valence-electron chi connectivity index (χ3n) is 3.83. The Morgan fingerprint density at radius 1 is 1.14 bits per heavy atom. The maximum atomic E-state index is 11.8. The van der Waals surface area contributed by atoms with Crippen LogP contribution in [0.3, 0.4) is 0 Å². The number of carboxylic acid groups (broad SMARTS) is 1. The molecule has 0 unspecified atom stereocenters. The summed E-state index contributed by atoms with van der Waals surface area (Å²) in [4.78, 5) is 26.9. The van der Waals surface area contributed by atoms with Gasteiger partial charge in [-0.15, -0.1) is 0 Å². The molecule has 1 heterocycles. The molecule has 1 aromatic rings. The molecule has 1 aliphatic rings. The quantitative estimate of drug-likeness (QED) is 0.795. The summed E-state index contributed by atoms with van der Waals surface area (Å²) < 4.78 is 0. The molecule has 1 atom stereocenters. The normalized spacial score (nSPS) is 17.9. The summed E-state index contributed by atoms with van der Waals surface area (Å²) in [6.45, 7) is 6.13.